The topological polar surface area (TPSA) is 57.9 Å². The highest BCUT2D eigenvalue weighted by molar-refractivity contribution is 5.97. The standard InChI is InChI=1S/C10H9NO.C8H8O/c1-8-2-4-9(5-3-8)10(12)6-7-11;1-7-2-4-8(6-9)5-3-7/h2-5H,6H2,1H3;2-6H,1H3. The lowest BCUT2D eigenvalue weighted by Crippen LogP contribution is -1.96. The quantitative estimate of drug-likeness (QED) is 0.632. The van der Waals surface area contributed by atoms with Crippen LogP contribution in [0.2, 0.25) is 0 Å². The molecule has 0 amide bonds. The smallest absolute Gasteiger partial charge is 0.176 e. The van der Waals surface area contributed by atoms with Crippen LogP contribution in [0.4, 0.5) is 0 Å². The number of nitrogens with zero attached hydrogens (tertiary/aromatic N) is 1. The summed E-state index contributed by atoms with van der Waals surface area (Å²) in [6.07, 6.45) is 0.808. The Kier molecular flexibility index (Phi) is 6.56. The molecule has 2 aromatic rings. The van der Waals surface area contributed by atoms with Crippen molar-refractivity contribution in [3.63, 3.8) is 0 Å². The van der Waals surface area contributed by atoms with Gasteiger partial charge in [0.1, 0.15) is 6.29 Å². The minimum Gasteiger partial charge on any atom is -0.298 e. The Morgan fingerprint density at radius 3 is 1.90 bits per heavy atom. The first-order chi connectivity index (χ1) is 10.1. The van der Waals surface area contributed by atoms with Gasteiger partial charge < -0.3 is 0 Å². The van der Waals surface area contributed by atoms with Crippen LogP contribution in [0.15, 0.2) is 48.5 Å². The number of carbonyl (C=O) groups is 2. The molecule has 0 spiro atoms. The number of hydrogen-bond acceptors (Lipinski definition) is 3. The summed E-state index contributed by atoms with van der Waals surface area (Å²) in [5, 5.41) is 8.28. The number of aldehydes is 1. The van der Waals surface area contributed by atoms with Crippen molar-refractivity contribution in [2.24, 2.45) is 0 Å². The lowest BCUT2D eigenvalue weighted by atomic mass is 10.1. The first-order valence-corrected chi connectivity index (χ1v) is 6.55. The minimum atomic E-state index is -0.113. The van der Waals surface area contributed by atoms with Gasteiger partial charge in [-0.1, -0.05) is 59.7 Å². The van der Waals surface area contributed by atoms with E-state index >= 15 is 0 Å². The minimum absolute atomic E-state index is 0.0386. The van der Waals surface area contributed by atoms with Gasteiger partial charge in [0.25, 0.3) is 0 Å². The lowest BCUT2D eigenvalue weighted by Gasteiger charge is -1.95. The summed E-state index contributed by atoms with van der Waals surface area (Å²) in [7, 11) is 0. The number of benzene rings is 2. The Morgan fingerprint density at radius 1 is 1.00 bits per heavy atom. The first-order valence-electron chi connectivity index (χ1n) is 6.55. The molecule has 0 N–H and O–H groups in total. The van der Waals surface area contributed by atoms with Crippen molar-refractivity contribution < 1.29 is 9.59 Å². The molecule has 0 heterocycles. The third-order valence-electron chi connectivity index (χ3n) is 2.83. The molecule has 3 nitrogen and oxygen atoms in total. The van der Waals surface area contributed by atoms with Crippen molar-refractivity contribution in [3.05, 3.63) is 70.8 Å². The zero-order valence-corrected chi connectivity index (χ0v) is 12.2. The highest BCUT2D eigenvalue weighted by Crippen LogP contribution is 2.05. The summed E-state index contributed by atoms with van der Waals surface area (Å²) in [6, 6.07) is 16.5. The molecule has 0 radical (unpaired) electrons. The van der Waals surface area contributed by atoms with Crippen LogP contribution in [0, 0.1) is 25.2 Å². The molecule has 0 aliphatic rings. The fourth-order valence-electron chi connectivity index (χ4n) is 1.56. The van der Waals surface area contributed by atoms with Gasteiger partial charge in [-0.3, -0.25) is 9.59 Å². The Labute approximate surface area is 124 Å². The molecule has 0 saturated carbocycles. The molecule has 0 saturated heterocycles. The fraction of sp³-hybridized carbons (Fsp3) is 0.167. The van der Waals surface area contributed by atoms with E-state index in [-0.39, 0.29) is 12.2 Å². The van der Waals surface area contributed by atoms with Crippen LogP contribution >= 0.6 is 0 Å². The number of ketones is 1. The van der Waals surface area contributed by atoms with Crippen molar-refractivity contribution in [1.29, 1.82) is 5.26 Å². The molecule has 0 aromatic heterocycles. The Balaban J connectivity index is 0.000000219. The van der Waals surface area contributed by atoms with Crippen LogP contribution in [0.25, 0.3) is 0 Å². The SMILES string of the molecule is Cc1ccc(C(=O)CC#N)cc1.Cc1ccc(C=O)cc1. The molecule has 0 aliphatic carbocycles. The first kappa shape index (κ1) is 16.3. The van der Waals surface area contributed by atoms with E-state index in [4.69, 9.17) is 5.26 Å². The van der Waals surface area contributed by atoms with Crippen LogP contribution in [0.3, 0.4) is 0 Å². The molecule has 0 unspecified atom stereocenters. The number of nitriles is 1. The summed E-state index contributed by atoms with van der Waals surface area (Å²) in [6.45, 7) is 3.95. The van der Waals surface area contributed by atoms with Gasteiger partial charge in [0.05, 0.1) is 12.5 Å². The molecule has 0 aliphatic heterocycles. The summed E-state index contributed by atoms with van der Waals surface area (Å²) in [5.74, 6) is -0.113. The maximum atomic E-state index is 11.1. The van der Waals surface area contributed by atoms with Crippen LogP contribution in [-0.4, -0.2) is 12.1 Å². The number of carbonyl (C=O) groups excluding carboxylic acids is 2. The van der Waals surface area contributed by atoms with Gasteiger partial charge in [-0.15, -0.1) is 0 Å². The lowest BCUT2D eigenvalue weighted by molar-refractivity contribution is 0.0997. The molecule has 21 heavy (non-hydrogen) atoms. The zero-order valence-electron chi connectivity index (χ0n) is 12.2. The largest absolute Gasteiger partial charge is 0.298 e. The molecule has 0 fully saturated rings. The van der Waals surface area contributed by atoms with E-state index in [9.17, 15) is 9.59 Å². The van der Waals surface area contributed by atoms with Crippen molar-refractivity contribution in [2.75, 3.05) is 0 Å². The summed E-state index contributed by atoms with van der Waals surface area (Å²) >= 11 is 0. The number of aryl methyl sites for hydroxylation is 2. The molecular weight excluding hydrogens is 262 g/mol. The molecule has 0 bridgehead atoms. The average Bonchev–Trinajstić information content (AvgIpc) is 2.50. The number of rotatable bonds is 3. The predicted octanol–water partition coefficient (Wildman–Crippen LogP) is 3.90. The molecular formula is C18H17NO2. The molecule has 3 heteroatoms. The van der Waals surface area contributed by atoms with E-state index in [1.807, 2.05) is 56.3 Å². The maximum absolute atomic E-state index is 11.1. The van der Waals surface area contributed by atoms with Gasteiger partial charge in [-0.25, -0.2) is 0 Å². The number of Topliss-reactive ketones (excluding diaryl/α,β-unsaturated/α-hetero) is 1. The third-order valence-corrected chi connectivity index (χ3v) is 2.83. The van der Waals surface area contributed by atoms with Gasteiger partial charge in [-0.05, 0) is 13.8 Å². The molecule has 106 valence electrons. The van der Waals surface area contributed by atoms with Crippen molar-refractivity contribution >= 4 is 12.1 Å². The zero-order chi connectivity index (χ0) is 15.7. The van der Waals surface area contributed by atoms with E-state index in [1.54, 1.807) is 12.1 Å². The van der Waals surface area contributed by atoms with Gasteiger partial charge in [0.2, 0.25) is 0 Å². The van der Waals surface area contributed by atoms with E-state index in [2.05, 4.69) is 0 Å². The fourth-order valence-corrected chi connectivity index (χ4v) is 1.56. The average molecular weight is 279 g/mol. The second-order valence-electron chi connectivity index (χ2n) is 4.65. The van der Waals surface area contributed by atoms with E-state index in [0.717, 1.165) is 17.4 Å². The van der Waals surface area contributed by atoms with Gasteiger partial charge in [-0.2, -0.15) is 5.26 Å². The Hall–Kier alpha value is -2.73. The third kappa shape index (κ3) is 5.84. The van der Waals surface area contributed by atoms with E-state index in [0.29, 0.717) is 5.56 Å². The molecule has 0 atom stereocenters. The summed E-state index contributed by atoms with van der Waals surface area (Å²) in [5.41, 5.74) is 3.65. The second kappa shape index (κ2) is 8.44. The van der Waals surface area contributed by atoms with Gasteiger partial charge in [0.15, 0.2) is 5.78 Å². The van der Waals surface area contributed by atoms with E-state index in [1.165, 1.54) is 5.56 Å². The van der Waals surface area contributed by atoms with Crippen molar-refractivity contribution in [2.45, 2.75) is 20.3 Å². The van der Waals surface area contributed by atoms with Gasteiger partial charge >= 0.3 is 0 Å². The van der Waals surface area contributed by atoms with Crippen LogP contribution < -0.4 is 0 Å². The van der Waals surface area contributed by atoms with Gasteiger partial charge in [0, 0.05) is 11.1 Å². The maximum Gasteiger partial charge on any atom is 0.176 e. The predicted molar refractivity (Wildman–Crippen MR) is 82.3 cm³/mol. The molecule has 2 rings (SSSR count). The molecule has 2 aromatic carbocycles. The van der Waals surface area contributed by atoms with Crippen LogP contribution in [0.5, 0.6) is 0 Å². The summed E-state index contributed by atoms with van der Waals surface area (Å²) < 4.78 is 0. The number of hydrogen-bond donors (Lipinski definition) is 0. The van der Waals surface area contributed by atoms with Crippen LogP contribution in [0.1, 0.15) is 38.3 Å². The monoisotopic (exact) mass is 279 g/mol. The highest BCUT2D eigenvalue weighted by Gasteiger charge is 2.02. The van der Waals surface area contributed by atoms with Crippen molar-refractivity contribution in [1.82, 2.24) is 0 Å². The van der Waals surface area contributed by atoms with Crippen LogP contribution in [-0.2, 0) is 0 Å². The van der Waals surface area contributed by atoms with Crippen molar-refractivity contribution in [3.8, 4) is 6.07 Å². The second-order valence-corrected chi connectivity index (χ2v) is 4.65. The normalized spacial score (nSPS) is 9.00. The Morgan fingerprint density at radius 2 is 1.48 bits per heavy atom. The summed E-state index contributed by atoms with van der Waals surface area (Å²) in [4.78, 5) is 21.3. The highest BCUT2D eigenvalue weighted by atomic mass is 16.1. The van der Waals surface area contributed by atoms with E-state index < -0.39 is 0 Å². The Bertz CT molecular complexity index is 634.